The zero-order valence-electron chi connectivity index (χ0n) is 9.57. The SMILES string of the molecule is N=C(c1c(Cl)cncc1Cl)N(N)c1ccc(Cl)cc1. The van der Waals surface area contributed by atoms with Crippen molar-refractivity contribution in [2.24, 2.45) is 5.84 Å². The Balaban J connectivity index is 2.36. The van der Waals surface area contributed by atoms with Crippen LogP contribution in [0.3, 0.4) is 0 Å². The lowest BCUT2D eigenvalue weighted by atomic mass is 10.2. The average molecular weight is 316 g/mol. The maximum atomic E-state index is 8.08. The third-order valence-electron chi connectivity index (χ3n) is 2.44. The van der Waals surface area contributed by atoms with Gasteiger partial charge in [-0.1, -0.05) is 34.8 Å². The van der Waals surface area contributed by atoms with Gasteiger partial charge in [0.25, 0.3) is 0 Å². The van der Waals surface area contributed by atoms with Crippen molar-refractivity contribution in [2.75, 3.05) is 5.01 Å². The molecular formula is C12H9Cl3N4. The van der Waals surface area contributed by atoms with E-state index < -0.39 is 0 Å². The molecule has 4 nitrogen and oxygen atoms in total. The Kier molecular flexibility index (Phi) is 4.27. The normalized spacial score (nSPS) is 10.3. The zero-order valence-corrected chi connectivity index (χ0v) is 11.8. The van der Waals surface area contributed by atoms with E-state index in [4.69, 9.17) is 46.1 Å². The number of aromatic nitrogens is 1. The van der Waals surface area contributed by atoms with E-state index in [9.17, 15) is 0 Å². The van der Waals surface area contributed by atoms with Gasteiger partial charge in [0.05, 0.1) is 21.3 Å². The molecule has 3 N–H and O–H groups in total. The van der Waals surface area contributed by atoms with Crippen molar-refractivity contribution < 1.29 is 0 Å². The topological polar surface area (TPSA) is 66.0 Å². The van der Waals surface area contributed by atoms with E-state index in [-0.39, 0.29) is 15.9 Å². The van der Waals surface area contributed by atoms with Gasteiger partial charge in [-0.15, -0.1) is 0 Å². The molecule has 0 unspecified atom stereocenters. The molecule has 0 aliphatic heterocycles. The Bertz CT molecular complexity index is 593. The van der Waals surface area contributed by atoms with Gasteiger partial charge >= 0.3 is 0 Å². The molecule has 0 aliphatic carbocycles. The van der Waals surface area contributed by atoms with Crippen LogP contribution in [0.1, 0.15) is 5.56 Å². The Labute approximate surface area is 125 Å². The number of hydrogen-bond donors (Lipinski definition) is 2. The van der Waals surface area contributed by atoms with Crippen molar-refractivity contribution in [3.8, 4) is 0 Å². The summed E-state index contributed by atoms with van der Waals surface area (Å²) in [5, 5.41) is 10.4. The first-order chi connectivity index (χ1) is 9.00. The van der Waals surface area contributed by atoms with Gasteiger partial charge in [-0.25, -0.2) is 5.84 Å². The van der Waals surface area contributed by atoms with Crippen LogP contribution in [0.15, 0.2) is 36.7 Å². The van der Waals surface area contributed by atoms with Crippen LogP contribution < -0.4 is 10.9 Å². The second-order valence-electron chi connectivity index (χ2n) is 3.67. The number of anilines is 1. The van der Waals surface area contributed by atoms with E-state index in [0.29, 0.717) is 16.3 Å². The summed E-state index contributed by atoms with van der Waals surface area (Å²) in [6, 6.07) is 6.75. The molecule has 0 aliphatic rings. The van der Waals surface area contributed by atoms with Crippen molar-refractivity contribution in [3.63, 3.8) is 0 Å². The summed E-state index contributed by atoms with van der Waals surface area (Å²) in [5.41, 5.74) is 0.925. The lowest BCUT2D eigenvalue weighted by molar-refractivity contribution is 1.11. The Morgan fingerprint density at radius 2 is 1.58 bits per heavy atom. The number of nitrogens with two attached hydrogens (primary N) is 1. The van der Waals surface area contributed by atoms with Crippen molar-refractivity contribution in [1.82, 2.24) is 4.98 Å². The molecule has 0 radical (unpaired) electrons. The number of nitrogens with one attached hydrogen (secondary N) is 1. The van der Waals surface area contributed by atoms with Gasteiger partial charge in [-0.3, -0.25) is 15.4 Å². The minimum atomic E-state index is -0.0280. The summed E-state index contributed by atoms with van der Waals surface area (Å²) in [5.74, 6) is 5.86. The molecule has 2 aromatic rings. The van der Waals surface area contributed by atoms with Gasteiger partial charge in [-0.05, 0) is 24.3 Å². The van der Waals surface area contributed by atoms with Gasteiger partial charge in [0, 0.05) is 17.4 Å². The van der Waals surface area contributed by atoms with Crippen LogP contribution in [0.2, 0.25) is 15.1 Å². The molecular weight excluding hydrogens is 307 g/mol. The lowest BCUT2D eigenvalue weighted by Crippen LogP contribution is -2.37. The van der Waals surface area contributed by atoms with Crippen LogP contribution in [0, 0.1) is 5.41 Å². The smallest absolute Gasteiger partial charge is 0.150 e. The highest BCUT2D eigenvalue weighted by atomic mass is 35.5. The van der Waals surface area contributed by atoms with Gasteiger partial charge in [-0.2, -0.15) is 0 Å². The molecule has 19 heavy (non-hydrogen) atoms. The largest absolute Gasteiger partial charge is 0.283 e. The Morgan fingerprint density at radius 1 is 1.05 bits per heavy atom. The predicted octanol–water partition coefficient (Wildman–Crippen LogP) is 3.75. The fourth-order valence-corrected chi connectivity index (χ4v) is 2.16. The van der Waals surface area contributed by atoms with Crippen molar-refractivity contribution in [1.29, 1.82) is 5.41 Å². The molecule has 2 rings (SSSR count). The van der Waals surface area contributed by atoms with Gasteiger partial charge in [0.15, 0.2) is 0 Å². The molecule has 0 atom stereocenters. The van der Waals surface area contributed by atoms with Crippen LogP contribution in [0.4, 0.5) is 5.69 Å². The van der Waals surface area contributed by atoms with E-state index in [0.717, 1.165) is 0 Å². The molecule has 1 aromatic carbocycles. The highest BCUT2D eigenvalue weighted by molar-refractivity contribution is 6.40. The molecule has 98 valence electrons. The highest BCUT2D eigenvalue weighted by Gasteiger charge is 2.17. The minimum Gasteiger partial charge on any atom is -0.283 e. The number of benzene rings is 1. The monoisotopic (exact) mass is 314 g/mol. The first-order valence-electron chi connectivity index (χ1n) is 5.19. The molecule has 1 aromatic heterocycles. The molecule has 0 amide bonds. The fraction of sp³-hybridized carbons (Fsp3) is 0. The van der Waals surface area contributed by atoms with Crippen molar-refractivity contribution in [3.05, 3.63) is 57.3 Å². The van der Waals surface area contributed by atoms with Crippen molar-refractivity contribution >= 4 is 46.3 Å². The minimum absolute atomic E-state index is 0.0280. The highest BCUT2D eigenvalue weighted by Crippen LogP contribution is 2.26. The number of halogens is 3. The second-order valence-corrected chi connectivity index (χ2v) is 4.92. The van der Waals surface area contributed by atoms with E-state index in [1.165, 1.54) is 17.4 Å². The molecule has 0 saturated heterocycles. The predicted molar refractivity (Wildman–Crippen MR) is 79.2 cm³/mol. The molecule has 1 heterocycles. The van der Waals surface area contributed by atoms with Gasteiger partial charge in [0.1, 0.15) is 5.84 Å². The first-order valence-corrected chi connectivity index (χ1v) is 6.32. The molecule has 0 spiro atoms. The molecule has 0 saturated carbocycles. The van der Waals surface area contributed by atoms with Gasteiger partial charge in [0.2, 0.25) is 0 Å². The third-order valence-corrected chi connectivity index (χ3v) is 3.26. The third kappa shape index (κ3) is 2.98. The number of hydrogen-bond acceptors (Lipinski definition) is 3. The summed E-state index contributed by atoms with van der Waals surface area (Å²) in [6.07, 6.45) is 2.82. The van der Waals surface area contributed by atoms with Gasteiger partial charge < -0.3 is 0 Å². The Morgan fingerprint density at radius 3 is 2.11 bits per heavy atom. The summed E-state index contributed by atoms with van der Waals surface area (Å²) in [4.78, 5) is 3.83. The number of amidine groups is 1. The summed E-state index contributed by atoms with van der Waals surface area (Å²) in [7, 11) is 0. The molecule has 0 fully saturated rings. The summed E-state index contributed by atoms with van der Waals surface area (Å²) >= 11 is 17.8. The number of nitrogens with zero attached hydrogens (tertiary/aromatic N) is 2. The van der Waals surface area contributed by atoms with Crippen LogP contribution in [0.25, 0.3) is 0 Å². The number of hydrazine groups is 1. The second kappa shape index (κ2) is 5.75. The fourth-order valence-electron chi connectivity index (χ4n) is 1.49. The van der Waals surface area contributed by atoms with Crippen LogP contribution in [-0.2, 0) is 0 Å². The van der Waals surface area contributed by atoms with Crippen LogP contribution in [0.5, 0.6) is 0 Å². The Hall–Kier alpha value is -1.33. The first kappa shape index (κ1) is 14.1. The lowest BCUT2D eigenvalue weighted by Gasteiger charge is -2.20. The average Bonchev–Trinajstić information content (AvgIpc) is 2.38. The van der Waals surface area contributed by atoms with Crippen LogP contribution in [-0.4, -0.2) is 10.8 Å². The molecule has 0 bridgehead atoms. The number of rotatable bonds is 2. The quantitative estimate of drug-likeness (QED) is 0.384. The van der Waals surface area contributed by atoms with Crippen molar-refractivity contribution in [2.45, 2.75) is 0 Å². The summed E-state index contributed by atoms with van der Waals surface area (Å²) < 4.78 is 0. The number of pyridine rings is 1. The molecule has 7 heteroatoms. The van der Waals surface area contributed by atoms with E-state index in [2.05, 4.69) is 4.98 Å². The van der Waals surface area contributed by atoms with E-state index in [1.54, 1.807) is 24.3 Å². The maximum Gasteiger partial charge on any atom is 0.150 e. The van der Waals surface area contributed by atoms with E-state index in [1.807, 2.05) is 0 Å². The van der Waals surface area contributed by atoms with Crippen LogP contribution >= 0.6 is 34.8 Å². The summed E-state index contributed by atoms with van der Waals surface area (Å²) in [6.45, 7) is 0. The van der Waals surface area contributed by atoms with E-state index >= 15 is 0 Å². The standard InChI is InChI=1S/C12H9Cl3N4/c13-7-1-3-8(4-2-7)19(17)12(16)11-9(14)5-18-6-10(11)15/h1-6,16H,17H2. The maximum absolute atomic E-state index is 8.08. The zero-order chi connectivity index (χ0) is 14.0.